The summed E-state index contributed by atoms with van der Waals surface area (Å²) in [6.07, 6.45) is 42.0. The Kier molecular flexibility index (Phi) is 39.9. The maximum atomic E-state index is 12.8. The quantitative estimate of drug-likeness (QED) is 0.0196. The number of ether oxygens (including phenoxy) is 4. The van der Waals surface area contributed by atoms with Gasteiger partial charge in [0.2, 0.25) is 0 Å². The predicted octanol–water partition coefficient (Wildman–Crippen LogP) is 11.5. The SMILES string of the molecule is CCCCCC/C=C\C/C=C\CCCCCCCC(=O)OC(COC(=O)CCCCCCCCCCCCCCCCCCC)COC(OCC[N+](C)(C)C)C(=O)[O-]. The number of rotatable bonds is 44. The standard InChI is InChI=1S/C49H91NO8/c1-6-8-10-12-14-16-18-20-22-24-26-27-29-31-33-35-37-39-46(51)56-43-45(44-57-49(48(53)54)55-42-41-50(3,4)5)58-47(52)40-38-36-34-32-30-28-25-23-21-19-17-15-13-11-9-7-2/h17,19,23,25,45,49H,6-16,18,20-22,24,26-44H2,1-5H3/b19-17-,25-23-. The van der Waals surface area contributed by atoms with Crippen LogP contribution in [0.25, 0.3) is 0 Å². The number of unbranched alkanes of at least 4 members (excludes halogenated alkanes) is 25. The second-order valence-corrected chi connectivity index (χ2v) is 17.4. The van der Waals surface area contributed by atoms with Crippen LogP contribution < -0.4 is 5.11 Å². The van der Waals surface area contributed by atoms with Crippen molar-refractivity contribution in [3.63, 3.8) is 0 Å². The summed E-state index contributed by atoms with van der Waals surface area (Å²) < 4.78 is 22.6. The zero-order chi connectivity index (χ0) is 42.8. The minimum atomic E-state index is -1.62. The Bertz CT molecular complexity index is 1010. The lowest BCUT2D eigenvalue weighted by Gasteiger charge is -2.26. The van der Waals surface area contributed by atoms with E-state index in [1.165, 1.54) is 122 Å². The van der Waals surface area contributed by atoms with Crippen LogP contribution in [0.2, 0.25) is 0 Å². The van der Waals surface area contributed by atoms with Crippen molar-refractivity contribution in [3.8, 4) is 0 Å². The van der Waals surface area contributed by atoms with Crippen molar-refractivity contribution in [1.82, 2.24) is 0 Å². The molecule has 0 saturated carbocycles. The van der Waals surface area contributed by atoms with Gasteiger partial charge in [-0.25, -0.2) is 0 Å². The molecule has 0 N–H and O–H groups in total. The first kappa shape index (κ1) is 55.8. The van der Waals surface area contributed by atoms with E-state index in [0.29, 0.717) is 23.9 Å². The van der Waals surface area contributed by atoms with Gasteiger partial charge in [-0.05, 0) is 44.9 Å². The summed E-state index contributed by atoms with van der Waals surface area (Å²) in [6, 6.07) is 0. The summed E-state index contributed by atoms with van der Waals surface area (Å²) in [6.45, 7) is 4.73. The van der Waals surface area contributed by atoms with Crippen molar-refractivity contribution in [3.05, 3.63) is 24.3 Å². The number of nitrogens with zero attached hydrogens (tertiary/aromatic N) is 1. The van der Waals surface area contributed by atoms with E-state index in [-0.39, 0.29) is 32.2 Å². The normalized spacial score (nSPS) is 13.1. The Morgan fingerprint density at radius 2 is 0.931 bits per heavy atom. The van der Waals surface area contributed by atoms with Crippen molar-refractivity contribution < 1.29 is 42.9 Å². The third kappa shape index (κ3) is 41.9. The first-order chi connectivity index (χ1) is 28.1. The van der Waals surface area contributed by atoms with Crippen molar-refractivity contribution >= 4 is 17.9 Å². The van der Waals surface area contributed by atoms with E-state index in [4.69, 9.17) is 18.9 Å². The van der Waals surface area contributed by atoms with Crippen molar-refractivity contribution in [2.45, 2.75) is 225 Å². The van der Waals surface area contributed by atoms with Crippen LogP contribution in [0.5, 0.6) is 0 Å². The molecule has 0 aliphatic rings. The van der Waals surface area contributed by atoms with E-state index >= 15 is 0 Å². The van der Waals surface area contributed by atoms with E-state index < -0.39 is 24.3 Å². The average Bonchev–Trinajstić information content (AvgIpc) is 3.18. The molecule has 58 heavy (non-hydrogen) atoms. The van der Waals surface area contributed by atoms with Gasteiger partial charge in [0.15, 0.2) is 12.4 Å². The highest BCUT2D eigenvalue weighted by atomic mass is 16.7. The van der Waals surface area contributed by atoms with Crippen LogP contribution in [0.3, 0.4) is 0 Å². The monoisotopic (exact) mass is 822 g/mol. The number of esters is 2. The van der Waals surface area contributed by atoms with Crippen LogP contribution in [0.15, 0.2) is 24.3 Å². The second kappa shape index (κ2) is 41.5. The molecule has 9 nitrogen and oxygen atoms in total. The molecule has 0 aromatic rings. The number of carboxylic acid groups (broad SMARTS) is 1. The Morgan fingerprint density at radius 3 is 1.38 bits per heavy atom. The number of likely N-dealkylation sites (N-methyl/N-ethyl adjacent to an activating group) is 1. The number of quaternary nitrogens is 1. The highest BCUT2D eigenvalue weighted by Gasteiger charge is 2.21. The minimum Gasteiger partial charge on any atom is -0.545 e. The van der Waals surface area contributed by atoms with Crippen molar-refractivity contribution in [2.24, 2.45) is 0 Å². The number of carbonyl (C=O) groups excluding carboxylic acids is 3. The number of hydrogen-bond donors (Lipinski definition) is 0. The molecule has 0 spiro atoms. The summed E-state index contributed by atoms with van der Waals surface area (Å²) in [5.74, 6) is -2.29. The molecule has 0 bridgehead atoms. The molecule has 0 heterocycles. The smallest absolute Gasteiger partial charge is 0.306 e. The molecule has 2 atom stereocenters. The molecule has 0 saturated heterocycles. The van der Waals surface area contributed by atoms with Crippen molar-refractivity contribution in [1.29, 1.82) is 0 Å². The molecule has 0 fully saturated rings. The summed E-state index contributed by atoms with van der Waals surface area (Å²) in [7, 11) is 5.91. The maximum absolute atomic E-state index is 12.8. The fourth-order valence-electron chi connectivity index (χ4n) is 6.68. The van der Waals surface area contributed by atoms with Gasteiger partial charge in [-0.3, -0.25) is 9.59 Å². The average molecular weight is 822 g/mol. The number of hydrogen-bond acceptors (Lipinski definition) is 8. The molecule has 0 aliphatic heterocycles. The lowest BCUT2D eigenvalue weighted by molar-refractivity contribution is -0.870. The molecule has 0 radical (unpaired) electrons. The van der Waals surface area contributed by atoms with E-state index in [1.807, 2.05) is 21.1 Å². The lowest BCUT2D eigenvalue weighted by Crippen LogP contribution is -2.44. The molecule has 0 aliphatic carbocycles. The highest BCUT2D eigenvalue weighted by molar-refractivity contribution is 5.70. The van der Waals surface area contributed by atoms with Crippen LogP contribution >= 0.6 is 0 Å². The van der Waals surface area contributed by atoms with Gasteiger partial charge in [-0.15, -0.1) is 0 Å². The molecular weight excluding hydrogens is 731 g/mol. The fourth-order valence-corrected chi connectivity index (χ4v) is 6.68. The van der Waals surface area contributed by atoms with Crippen LogP contribution in [-0.2, 0) is 33.3 Å². The molecule has 0 aromatic heterocycles. The third-order valence-electron chi connectivity index (χ3n) is 10.5. The van der Waals surface area contributed by atoms with Gasteiger partial charge in [0.1, 0.15) is 13.2 Å². The summed E-state index contributed by atoms with van der Waals surface area (Å²) in [4.78, 5) is 37.0. The molecule has 2 unspecified atom stereocenters. The molecule has 0 aromatic carbocycles. The predicted molar refractivity (Wildman–Crippen MR) is 237 cm³/mol. The van der Waals surface area contributed by atoms with Gasteiger partial charge in [-0.2, -0.15) is 0 Å². The highest BCUT2D eigenvalue weighted by Crippen LogP contribution is 2.15. The topological polar surface area (TPSA) is 111 Å². The van der Waals surface area contributed by atoms with E-state index in [1.54, 1.807) is 0 Å². The van der Waals surface area contributed by atoms with Gasteiger partial charge >= 0.3 is 11.9 Å². The molecule has 9 heteroatoms. The Balaban J connectivity index is 4.40. The number of carbonyl (C=O) groups is 3. The Labute approximate surface area is 357 Å². The first-order valence-electron chi connectivity index (χ1n) is 24.0. The zero-order valence-electron chi connectivity index (χ0n) is 38.4. The van der Waals surface area contributed by atoms with Gasteiger partial charge in [0.05, 0.1) is 40.3 Å². The van der Waals surface area contributed by atoms with Gasteiger partial charge in [0, 0.05) is 12.8 Å². The van der Waals surface area contributed by atoms with E-state index in [0.717, 1.165) is 57.8 Å². The van der Waals surface area contributed by atoms with Crippen LogP contribution in [-0.4, -0.2) is 82.3 Å². The molecule has 340 valence electrons. The van der Waals surface area contributed by atoms with Crippen LogP contribution in [0.4, 0.5) is 0 Å². The van der Waals surface area contributed by atoms with E-state index in [2.05, 4.69) is 38.2 Å². The lowest BCUT2D eigenvalue weighted by atomic mass is 10.0. The van der Waals surface area contributed by atoms with Crippen LogP contribution in [0, 0.1) is 0 Å². The molecule has 0 rings (SSSR count). The third-order valence-corrected chi connectivity index (χ3v) is 10.5. The van der Waals surface area contributed by atoms with E-state index in [9.17, 15) is 19.5 Å². The maximum Gasteiger partial charge on any atom is 0.306 e. The van der Waals surface area contributed by atoms with Gasteiger partial charge < -0.3 is 33.3 Å². The Morgan fingerprint density at radius 1 is 0.517 bits per heavy atom. The number of aliphatic carboxylic acids is 1. The Hall–Kier alpha value is -2.23. The fraction of sp³-hybridized carbons (Fsp3) is 0.857. The minimum absolute atomic E-state index is 0.147. The molecular formula is C49H91NO8. The molecule has 0 amide bonds. The zero-order valence-corrected chi connectivity index (χ0v) is 38.4. The second-order valence-electron chi connectivity index (χ2n) is 17.4. The summed E-state index contributed by atoms with van der Waals surface area (Å²) >= 11 is 0. The van der Waals surface area contributed by atoms with Gasteiger partial charge in [0.25, 0.3) is 0 Å². The van der Waals surface area contributed by atoms with Crippen LogP contribution in [0.1, 0.15) is 213 Å². The number of allylic oxidation sites excluding steroid dienone is 4. The van der Waals surface area contributed by atoms with Crippen molar-refractivity contribution in [2.75, 3.05) is 47.5 Å². The van der Waals surface area contributed by atoms with Gasteiger partial charge in [-0.1, -0.05) is 179 Å². The summed E-state index contributed by atoms with van der Waals surface area (Å²) in [5, 5.41) is 11.7. The summed E-state index contributed by atoms with van der Waals surface area (Å²) in [5.41, 5.74) is 0. The first-order valence-corrected chi connectivity index (χ1v) is 24.0. The largest absolute Gasteiger partial charge is 0.545 e. The number of carboxylic acids is 1.